The second-order valence-corrected chi connectivity index (χ2v) is 6.37. The fourth-order valence-corrected chi connectivity index (χ4v) is 3.40. The van der Waals surface area contributed by atoms with E-state index in [0.29, 0.717) is 31.3 Å². The van der Waals surface area contributed by atoms with Gasteiger partial charge in [-0.05, 0) is 36.8 Å². The number of para-hydroxylation sites is 1. The number of hydrogen-bond donors (Lipinski definition) is 2. The monoisotopic (exact) mass is 328 g/mol. The Labute approximate surface area is 139 Å². The average Bonchev–Trinajstić information content (AvgIpc) is 2.60. The number of pyridine rings is 1. The Kier molecular flexibility index (Phi) is 4.13. The molecule has 126 valence electrons. The van der Waals surface area contributed by atoms with Crippen molar-refractivity contribution in [2.75, 3.05) is 13.1 Å². The molecule has 1 amide bonds. The number of nitrogens with one attached hydrogen (secondary N) is 1. The maximum atomic E-state index is 12.8. The van der Waals surface area contributed by atoms with Crippen molar-refractivity contribution in [3.63, 3.8) is 0 Å². The molecule has 24 heavy (non-hydrogen) atoms. The van der Waals surface area contributed by atoms with E-state index in [1.165, 1.54) is 4.90 Å². The number of H-pyrrole nitrogens is 1. The van der Waals surface area contributed by atoms with Gasteiger partial charge in [0.05, 0.1) is 5.41 Å². The number of carboxylic acid groups (broad SMARTS) is 1. The van der Waals surface area contributed by atoms with E-state index in [-0.39, 0.29) is 12.1 Å². The number of carbonyl (C=O) groups is 2. The number of aliphatic carboxylic acids is 1. The maximum Gasteiger partial charge on any atom is 0.311 e. The van der Waals surface area contributed by atoms with Crippen LogP contribution in [0.2, 0.25) is 0 Å². The second kappa shape index (κ2) is 6.11. The van der Waals surface area contributed by atoms with E-state index >= 15 is 0 Å². The SMILES string of the molecule is CC[C@@]1(C(=O)O)CCCN(C(=O)c2cc3ccccc3[nH]c2=O)C1. The van der Waals surface area contributed by atoms with Gasteiger partial charge in [0.15, 0.2) is 0 Å². The van der Waals surface area contributed by atoms with E-state index < -0.39 is 22.9 Å². The van der Waals surface area contributed by atoms with Crippen molar-refractivity contribution in [3.05, 3.63) is 46.2 Å². The van der Waals surface area contributed by atoms with Gasteiger partial charge >= 0.3 is 5.97 Å². The number of aromatic amines is 1. The summed E-state index contributed by atoms with van der Waals surface area (Å²) < 4.78 is 0. The Bertz CT molecular complexity index is 857. The number of amides is 1. The Balaban J connectivity index is 1.95. The van der Waals surface area contributed by atoms with Gasteiger partial charge in [-0.3, -0.25) is 14.4 Å². The van der Waals surface area contributed by atoms with E-state index in [2.05, 4.69) is 4.98 Å². The molecule has 2 heterocycles. The molecule has 2 N–H and O–H groups in total. The first-order valence-electron chi connectivity index (χ1n) is 8.11. The minimum absolute atomic E-state index is 0.0611. The molecule has 1 aromatic carbocycles. The molecule has 0 unspecified atom stereocenters. The smallest absolute Gasteiger partial charge is 0.311 e. The van der Waals surface area contributed by atoms with Crippen molar-refractivity contribution in [1.29, 1.82) is 0 Å². The molecule has 1 aromatic heterocycles. The Morgan fingerprint density at radius 1 is 1.33 bits per heavy atom. The average molecular weight is 328 g/mol. The topological polar surface area (TPSA) is 90.5 Å². The standard InChI is InChI=1S/C18H20N2O4/c1-2-18(17(23)24)8-5-9-20(11-18)16(22)13-10-12-6-3-4-7-14(12)19-15(13)21/h3-4,6-7,10H,2,5,8-9,11H2,1H3,(H,19,21)(H,23,24)/t18-/m1/s1. The second-order valence-electron chi connectivity index (χ2n) is 6.37. The highest BCUT2D eigenvalue weighted by atomic mass is 16.4. The molecule has 0 bridgehead atoms. The summed E-state index contributed by atoms with van der Waals surface area (Å²) in [7, 11) is 0. The molecule has 0 spiro atoms. The van der Waals surface area contributed by atoms with Gasteiger partial charge in [0, 0.05) is 18.6 Å². The van der Waals surface area contributed by atoms with Gasteiger partial charge in [-0.1, -0.05) is 25.1 Å². The van der Waals surface area contributed by atoms with Gasteiger partial charge in [-0.2, -0.15) is 0 Å². The first-order chi connectivity index (χ1) is 11.5. The summed E-state index contributed by atoms with van der Waals surface area (Å²) in [4.78, 5) is 40.9. The van der Waals surface area contributed by atoms with Crippen LogP contribution in [0.1, 0.15) is 36.5 Å². The minimum Gasteiger partial charge on any atom is -0.481 e. The highest BCUT2D eigenvalue weighted by molar-refractivity contribution is 5.97. The van der Waals surface area contributed by atoms with Gasteiger partial charge in [-0.15, -0.1) is 0 Å². The summed E-state index contributed by atoms with van der Waals surface area (Å²) in [5.41, 5.74) is -0.629. The van der Waals surface area contributed by atoms with Crippen LogP contribution in [0.5, 0.6) is 0 Å². The lowest BCUT2D eigenvalue weighted by atomic mass is 9.77. The Morgan fingerprint density at radius 3 is 2.79 bits per heavy atom. The van der Waals surface area contributed by atoms with Gasteiger partial charge in [-0.25, -0.2) is 0 Å². The van der Waals surface area contributed by atoms with Crippen molar-refractivity contribution in [1.82, 2.24) is 9.88 Å². The number of aromatic nitrogens is 1. The maximum absolute atomic E-state index is 12.8. The molecule has 0 saturated carbocycles. The molecule has 2 aromatic rings. The summed E-state index contributed by atoms with van der Waals surface area (Å²) in [6.45, 7) is 2.44. The molecule has 0 aliphatic carbocycles. The van der Waals surface area contributed by atoms with Crippen LogP contribution in [0.3, 0.4) is 0 Å². The fraction of sp³-hybridized carbons (Fsp3) is 0.389. The minimum atomic E-state index is -0.919. The van der Waals surface area contributed by atoms with Crippen LogP contribution in [0.4, 0.5) is 0 Å². The molecule has 1 fully saturated rings. The highest BCUT2D eigenvalue weighted by Crippen LogP contribution is 2.34. The third-order valence-corrected chi connectivity index (χ3v) is 4.98. The van der Waals surface area contributed by atoms with Gasteiger partial charge in [0.25, 0.3) is 11.5 Å². The highest BCUT2D eigenvalue weighted by Gasteiger charge is 2.42. The van der Waals surface area contributed by atoms with Crippen LogP contribution in [-0.4, -0.2) is 40.0 Å². The largest absolute Gasteiger partial charge is 0.481 e. The van der Waals surface area contributed by atoms with Crippen molar-refractivity contribution in [2.45, 2.75) is 26.2 Å². The van der Waals surface area contributed by atoms with E-state index in [9.17, 15) is 19.5 Å². The zero-order chi connectivity index (χ0) is 17.3. The molecular weight excluding hydrogens is 308 g/mol. The molecule has 6 heteroatoms. The van der Waals surface area contributed by atoms with Crippen LogP contribution in [0.25, 0.3) is 10.9 Å². The predicted molar refractivity (Wildman–Crippen MR) is 90.1 cm³/mol. The molecule has 6 nitrogen and oxygen atoms in total. The number of carboxylic acids is 1. The third-order valence-electron chi connectivity index (χ3n) is 4.98. The molecule has 1 aliphatic rings. The van der Waals surface area contributed by atoms with Crippen LogP contribution in [0.15, 0.2) is 35.1 Å². The first kappa shape index (κ1) is 16.2. The fourth-order valence-electron chi connectivity index (χ4n) is 3.40. The van der Waals surface area contributed by atoms with E-state index in [4.69, 9.17) is 0 Å². The number of rotatable bonds is 3. The number of carbonyl (C=O) groups excluding carboxylic acids is 1. The van der Waals surface area contributed by atoms with Gasteiger partial charge in [0.2, 0.25) is 0 Å². The molecular formula is C18H20N2O4. The molecule has 0 radical (unpaired) electrons. The molecule has 3 rings (SSSR count). The van der Waals surface area contributed by atoms with Gasteiger partial charge < -0.3 is 15.0 Å². The van der Waals surface area contributed by atoms with Crippen LogP contribution < -0.4 is 5.56 Å². The number of nitrogens with zero attached hydrogens (tertiary/aromatic N) is 1. The lowest BCUT2D eigenvalue weighted by molar-refractivity contribution is -0.152. The summed E-state index contributed by atoms with van der Waals surface area (Å²) in [6, 6.07) is 8.83. The summed E-state index contributed by atoms with van der Waals surface area (Å²) in [5.74, 6) is -1.28. The van der Waals surface area contributed by atoms with Crippen molar-refractivity contribution in [3.8, 4) is 0 Å². The quantitative estimate of drug-likeness (QED) is 0.904. The number of hydrogen-bond acceptors (Lipinski definition) is 3. The number of fused-ring (bicyclic) bond motifs is 1. The van der Waals surface area contributed by atoms with Crippen LogP contribution in [0, 0.1) is 5.41 Å². The Morgan fingerprint density at radius 2 is 2.08 bits per heavy atom. The van der Waals surface area contributed by atoms with E-state index in [1.807, 2.05) is 25.1 Å². The number of benzene rings is 1. The number of likely N-dealkylation sites (tertiary alicyclic amines) is 1. The predicted octanol–water partition coefficient (Wildman–Crippen LogP) is 2.25. The normalized spacial score (nSPS) is 21.0. The van der Waals surface area contributed by atoms with Crippen molar-refractivity contribution < 1.29 is 14.7 Å². The number of piperidine rings is 1. The molecule has 1 aliphatic heterocycles. The zero-order valence-electron chi connectivity index (χ0n) is 13.5. The summed E-state index contributed by atoms with van der Waals surface area (Å²) >= 11 is 0. The third kappa shape index (κ3) is 2.68. The van der Waals surface area contributed by atoms with Gasteiger partial charge in [0.1, 0.15) is 5.56 Å². The zero-order valence-corrected chi connectivity index (χ0v) is 13.5. The lowest BCUT2D eigenvalue weighted by Gasteiger charge is -2.39. The summed E-state index contributed by atoms with van der Waals surface area (Å²) in [5, 5.41) is 10.3. The van der Waals surface area contributed by atoms with Crippen molar-refractivity contribution in [2.24, 2.45) is 5.41 Å². The Hall–Kier alpha value is -2.63. The van der Waals surface area contributed by atoms with Crippen LogP contribution >= 0.6 is 0 Å². The van der Waals surface area contributed by atoms with Crippen molar-refractivity contribution >= 4 is 22.8 Å². The van der Waals surface area contributed by atoms with E-state index in [1.54, 1.807) is 12.1 Å². The van der Waals surface area contributed by atoms with E-state index in [0.717, 1.165) is 5.39 Å². The summed E-state index contributed by atoms with van der Waals surface area (Å²) in [6.07, 6.45) is 1.63. The molecule has 1 saturated heterocycles. The molecule has 1 atom stereocenters. The van der Waals surface area contributed by atoms with Crippen LogP contribution in [-0.2, 0) is 4.79 Å². The lowest BCUT2D eigenvalue weighted by Crippen LogP contribution is -2.50. The first-order valence-corrected chi connectivity index (χ1v) is 8.11.